The molecule has 3 aromatic carbocycles. The van der Waals surface area contributed by atoms with Gasteiger partial charge in [-0.05, 0) is 85.4 Å². The standard InChI is InChI=1S/C31H31FN4O3S/c1-19-7-15-24(16-8-19)36(31(38)29-26(33)27(35-40-29)20-9-13-22(32)14-10-20)28(21-11-17-25(39-2)18-12-21)30(37)34-23-5-3-4-6-23/h7-18,23,28H,3-6,33H2,1-2H3,(H,34,37)/t28-/m0/s1. The van der Waals surface area contributed by atoms with Crippen LogP contribution in [0.25, 0.3) is 11.3 Å². The van der Waals surface area contributed by atoms with E-state index in [1.807, 2.05) is 31.2 Å². The summed E-state index contributed by atoms with van der Waals surface area (Å²) >= 11 is 0.961. The van der Waals surface area contributed by atoms with Crippen LogP contribution in [0.15, 0.2) is 72.8 Å². The largest absolute Gasteiger partial charge is 0.497 e. The normalized spacial score (nSPS) is 14.1. The molecule has 1 saturated carbocycles. The molecule has 1 fully saturated rings. The molecule has 1 aliphatic carbocycles. The number of nitrogens with zero attached hydrogens (tertiary/aromatic N) is 2. The van der Waals surface area contributed by atoms with Crippen LogP contribution in [0.5, 0.6) is 5.75 Å². The molecule has 0 spiro atoms. The van der Waals surface area contributed by atoms with Crippen LogP contribution in [0.2, 0.25) is 0 Å². The van der Waals surface area contributed by atoms with Gasteiger partial charge in [0.25, 0.3) is 5.91 Å². The van der Waals surface area contributed by atoms with E-state index in [1.165, 1.54) is 17.0 Å². The van der Waals surface area contributed by atoms with Crippen LogP contribution in [-0.4, -0.2) is 29.3 Å². The molecular formula is C31H31FN4O3S. The topological polar surface area (TPSA) is 97.5 Å². The molecule has 0 saturated heterocycles. The van der Waals surface area contributed by atoms with Gasteiger partial charge >= 0.3 is 0 Å². The summed E-state index contributed by atoms with van der Waals surface area (Å²) in [5, 5.41) is 3.18. The van der Waals surface area contributed by atoms with Crippen molar-refractivity contribution in [3.63, 3.8) is 0 Å². The number of methoxy groups -OCH3 is 1. The Morgan fingerprint density at radius 2 is 1.68 bits per heavy atom. The van der Waals surface area contributed by atoms with E-state index in [4.69, 9.17) is 10.5 Å². The summed E-state index contributed by atoms with van der Waals surface area (Å²) < 4.78 is 23.3. The fourth-order valence-electron chi connectivity index (χ4n) is 5.02. The number of nitrogen functional groups attached to an aromatic ring is 1. The summed E-state index contributed by atoms with van der Waals surface area (Å²) in [6.07, 6.45) is 3.93. The lowest BCUT2D eigenvalue weighted by molar-refractivity contribution is -0.123. The smallest absolute Gasteiger partial charge is 0.273 e. The van der Waals surface area contributed by atoms with Gasteiger partial charge in [0.1, 0.15) is 28.2 Å². The van der Waals surface area contributed by atoms with Gasteiger partial charge in [-0.1, -0.05) is 42.7 Å². The lowest BCUT2D eigenvalue weighted by atomic mass is 10.0. The lowest BCUT2D eigenvalue weighted by Crippen LogP contribution is -2.46. The first kappa shape index (κ1) is 27.3. The van der Waals surface area contributed by atoms with Crippen LogP contribution in [0, 0.1) is 12.7 Å². The number of carbonyl (C=O) groups is 2. The van der Waals surface area contributed by atoms with Crippen molar-refractivity contribution in [2.45, 2.75) is 44.7 Å². The zero-order valence-corrected chi connectivity index (χ0v) is 23.2. The second-order valence-electron chi connectivity index (χ2n) is 9.96. The number of aryl methyl sites for hydroxylation is 1. The highest BCUT2D eigenvalue weighted by atomic mass is 32.1. The fourth-order valence-corrected chi connectivity index (χ4v) is 5.78. The summed E-state index contributed by atoms with van der Waals surface area (Å²) in [5.74, 6) is -0.458. The van der Waals surface area contributed by atoms with Crippen LogP contribution in [0.4, 0.5) is 15.8 Å². The third-order valence-electron chi connectivity index (χ3n) is 7.21. The minimum absolute atomic E-state index is 0.0572. The van der Waals surface area contributed by atoms with E-state index >= 15 is 0 Å². The average Bonchev–Trinajstić information content (AvgIpc) is 3.62. The third-order valence-corrected chi connectivity index (χ3v) is 8.06. The van der Waals surface area contributed by atoms with E-state index in [0.29, 0.717) is 28.3 Å². The number of benzene rings is 3. The van der Waals surface area contributed by atoms with Crippen LogP contribution in [-0.2, 0) is 4.79 Å². The summed E-state index contributed by atoms with van der Waals surface area (Å²) in [4.78, 5) is 30.1. The maximum atomic E-state index is 14.4. The first-order valence-electron chi connectivity index (χ1n) is 13.2. The van der Waals surface area contributed by atoms with Crippen LogP contribution in [0.3, 0.4) is 0 Å². The predicted octanol–water partition coefficient (Wildman–Crippen LogP) is 6.30. The van der Waals surface area contributed by atoms with Gasteiger partial charge in [-0.25, -0.2) is 4.39 Å². The molecule has 40 heavy (non-hydrogen) atoms. The van der Waals surface area contributed by atoms with E-state index in [1.54, 1.807) is 43.5 Å². The van der Waals surface area contributed by atoms with Gasteiger partial charge in [0.15, 0.2) is 0 Å². The minimum atomic E-state index is -0.975. The number of rotatable bonds is 8. The first-order chi connectivity index (χ1) is 19.4. The number of halogens is 1. The highest BCUT2D eigenvalue weighted by Gasteiger charge is 2.36. The van der Waals surface area contributed by atoms with Crippen molar-refractivity contribution in [2.75, 3.05) is 17.7 Å². The second kappa shape index (κ2) is 11.9. The Hall–Kier alpha value is -4.24. The predicted molar refractivity (Wildman–Crippen MR) is 156 cm³/mol. The van der Waals surface area contributed by atoms with Crippen molar-refractivity contribution in [1.29, 1.82) is 0 Å². The number of anilines is 2. The van der Waals surface area contributed by atoms with Crippen molar-refractivity contribution in [2.24, 2.45) is 0 Å². The molecule has 9 heteroatoms. The monoisotopic (exact) mass is 558 g/mol. The number of ether oxygens (including phenoxy) is 1. The van der Waals surface area contributed by atoms with Crippen molar-refractivity contribution in [3.8, 4) is 17.0 Å². The van der Waals surface area contributed by atoms with Crippen LogP contribution >= 0.6 is 11.5 Å². The number of hydrogen-bond donors (Lipinski definition) is 2. The Kier molecular flexibility index (Phi) is 8.11. The first-order valence-corrected chi connectivity index (χ1v) is 14.0. The minimum Gasteiger partial charge on any atom is -0.497 e. The van der Waals surface area contributed by atoms with Crippen LogP contribution < -0.4 is 20.7 Å². The van der Waals surface area contributed by atoms with E-state index in [0.717, 1.165) is 42.8 Å². The van der Waals surface area contributed by atoms with Gasteiger partial charge in [-0.2, -0.15) is 4.37 Å². The molecular weight excluding hydrogens is 527 g/mol. The molecule has 1 aromatic heterocycles. The number of nitrogens with one attached hydrogen (secondary N) is 1. The molecule has 1 atom stereocenters. The number of aromatic nitrogens is 1. The van der Waals surface area contributed by atoms with E-state index in [2.05, 4.69) is 9.69 Å². The van der Waals surface area contributed by atoms with Crippen molar-refractivity contribution < 1.29 is 18.7 Å². The quantitative estimate of drug-likeness (QED) is 0.265. The Morgan fingerprint density at radius 1 is 1.02 bits per heavy atom. The number of hydrogen-bond acceptors (Lipinski definition) is 6. The Morgan fingerprint density at radius 3 is 2.30 bits per heavy atom. The molecule has 4 aromatic rings. The molecule has 1 aliphatic rings. The van der Waals surface area contributed by atoms with Gasteiger partial charge in [-0.3, -0.25) is 14.5 Å². The molecule has 0 radical (unpaired) electrons. The molecule has 7 nitrogen and oxygen atoms in total. The summed E-state index contributed by atoms with van der Waals surface area (Å²) in [7, 11) is 1.58. The van der Waals surface area contributed by atoms with Gasteiger partial charge in [0.05, 0.1) is 12.8 Å². The summed E-state index contributed by atoms with van der Waals surface area (Å²) in [6.45, 7) is 1.96. The van der Waals surface area contributed by atoms with Gasteiger partial charge in [0, 0.05) is 17.3 Å². The molecule has 0 unspecified atom stereocenters. The Bertz CT molecular complexity index is 1480. The summed E-state index contributed by atoms with van der Waals surface area (Å²) in [6, 6.07) is 19.5. The van der Waals surface area contributed by atoms with Crippen molar-refractivity contribution in [1.82, 2.24) is 9.69 Å². The summed E-state index contributed by atoms with van der Waals surface area (Å²) in [5.41, 5.74) is 9.87. The van der Waals surface area contributed by atoms with Gasteiger partial charge in [0.2, 0.25) is 5.91 Å². The Labute approximate surface area is 236 Å². The fraction of sp³-hybridized carbons (Fsp3) is 0.258. The van der Waals surface area contributed by atoms with Crippen molar-refractivity contribution in [3.05, 3.63) is 94.6 Å². The van der Waals surface area contributed by atoms with Gasteiger partial charge in [-0.15, -0.1) is 0 Å². The zero-order chi connectivity index (χ0) is 28.2. The number of amides is 2. The SMILES string of the molecule is COc1ccc([C@@H](C(=O)NC2CCCC2)N(C(=O)c2snc(-c3ccc(F)cc3)c2N)c2ccc(C)cc2)cc1. The molecule has 1 heterocycles. The lowest BCUT2D eigenvalue weighted by Gasteiger charge is -2.32. The maximum Gasteiger partial charge on any atom is 0.273 e. The molecule has 3 N–H and O–H groups in total. The number of carbonyl (C=O) groups excluding carboxylic acids is 2. The Balaban J connectivity index is 1.61. The zero-order valence-electron chi connectivity index (χ0n) is 22.4. The molecule has 2 amide bonds. The average molecular weight is 559 g/mol. The van der Waals surface area contributed by atoms with E-state index in [9.17, 15) is 14.0 Å². The third kappa shape index (κ3) is 5.70. The number of nitrogens with two attached hydrogens (primary N) is 1. The maximum absolute atomic E-state index is 14.4. The highest BCUT2D eigenvalue weighted by molar-refractivity contribution is 7.09. The van der Waals surface area contributed by atoms with E-state index < -0.39 is 11.9 Å². The van der Waals surface area contributed by atoms with Gasteiger partial charge < -0.3 is 15.8 Å². The molecule has 0 aliphatic heterocycles. The van der Waals surface area contributed by atoms with Crippen molar-refractivity contribution >= 4 is 34.7 Å². The molecule has 206 valence electrons. The highest BCUT2D eigenvalue weighted by Crippen LogP contribution is 2.37. The molecule has 5 rings (SSSR count). The van der Waals surface area contributed by atoms with E-state index in [-0.39, 0.29) is 28.3 Å². The van der Waals surface area contributed by atoms with Crippen LogP contribution in [0.1, 0.15) is 52.5 Å². The molecule has 0 bridgehead atoms. The second-order valence-corrected chi connectivity index (χ2v) is 10.7.